The Labute approximate surface area is 184 Å². The highest BCUT2D eigenvalue weighted by atomic mass is 32.1. The van der Waals surface area contributed by atoms with Crippen LogP contribution in [0.25, 0.3) is 10.3 Å². The molecule has 2 aliphatic rings. The number of methoxy groups -OCH3 is 1. The third kappa shape index (κ3) is 3.66. The maximum absolute atomic E-state index is 13.6. The van der Waals surface area contributed by atoms with E-state index in [2.05, 4.69) is 19.8 Å². The summed E-state index contributed by atoms with van der Waals surface area (Å²) in [5.74, 6) is -1.88. The Bertz CT molecular complexity index is 1180. The van der Waals surface area contributed by atoms with Gasteiger partial charge in [0.05, 0.1) is 30.9 Å². The highest BCUT2D eigenvalue weighted by Crippen LogP contribution is 2.33. The summed E-state index contributed by atoms with van der Waals surface area (Å²) >= 11 is 1.28. The minimum atomic E-state index is -0.699. The number of esters is 1. The molecule has 0 bridgehead atoms. The number of carbonyl (C=O) groups is 2. The lowest BCUT2D eigenvalue weighted by atomic mass is 10.0. The molecule has 166 valence electrons. The fourth-order valence-electron chi connectivity index (χ4n) is 3.66. The molecule has 1 atom stereocenters. The number of nitrogens with zero attached hydrogens (tertiary/aromatic N) is 4. The van der Waals surface area contributed by atoms with Crippen molar-refractivity contribution in [3.63, 3.8) is 0 Å². The van der Waals surface area contributed by atoms with Crippen molar-refractivity contribution in [1.29, 1.82) is 0 Å². The molecule has 0 spiro atoms. The van der Waals surface area contributed by atoms with Gasteiger partial charge in [0.2, 0.25) is 0 Å². The van der Waals surface area contributed by atoms with E-state index in [0.29, 0.717) is 41.6 Å². The molecule has 12 heteroatoms. The van der Waals surface area contributed by atoms with Gasteiger partial charge in [-0.25, -0.2) is 23.4 Å². The molecule has 0 radical (unpaired) electrons. The first-order valence-electron chi connectivity index (χ1n) is 9.72. The van der Waals surface area contributed by atoms with Crippen LogP contribution in [0.2, 0.25) is 0 Å². The molecule has 0 aliphatic carbocycles. The summed E-state index contributed by atoms with van der Waals surface area (Å²) in [6.07, 6.45) is 1.69. The van der Waals surface area contributed by atoms with Crippen molar-refractivity contribution >= 4 is 39.9 Å². The Morgan fingerprint density at radius 2 is 1.94 bits per heavy atom. The number of amides is 2. The van der Waals surface area contributed by atoms with Crippen LogP contribution >= 0.6 is 11.3 Å². The number of urea groups is 1. The number of benzene rings is 1. The van der Waals surface area contributed by atoms with Gasteiger partial charge in [-0.2, -0.15) is 10.1 Å². The summed E-state index contributed by atoms with van der Waals surface area (Å²) in [5, 5.41) is 5.76. The number of aromatic nitrogens is 2. The number of carbonyl (C=O) groups excluding carboxylic acids is 2. The highest BCUT2D eigenvalue weighted by Gasteiger charge is 2.39. The lowest BCUT2D eigenvalue weighted by Crippen LogP contribution is -2.58. The number of hydrazone groups is 1. The van der Waals surface area contributed by atoms with Crippen LogP contribution in [0, 0.1) is 11.6 Å². The molecule has 0 saturated carbocycles. The Hall–Kier alpha value is -3.54. The van der Waals surface area contributed by atoms with Gasteiger partial charge < -0.3 is 19.4 Å². The minimum Gasteiger partial charge on any atom is -0.464 e. The predicted molar refractivity (Wildman–Crippen MR) is 111 cm³/mol. The number of likely N-dealkylation sites (tertiary alicyclic amines) is 1. The van der Waals surface area contributed by atoms with Crippen molar-refractivity contribution in [2.75, 3.05) is 20.2 Å². The van der Waals surface area contributed by atoms with Crippen LogP contribution in [0.3, 0.4) is 0 Å². The average Bonchev–Trinajstić information content (AvgIpc) is 3.43. The van der Waals surface area contributed by atoms with Gasteiger partial charge in [-0.1, -0.05) is 11.3 Å². The molecule has 1 aromatic carbocycles. The van der Waals surface area contributed by atoms with E-state index >= 15 is 0 Å². The second-order valence-electron chi connectivity index (χ2n) is 7.39. The molecule has 2 amide bonds. The van der Waals surface area contributed by atoms with Gasteiger partial charge in [0, 0.05) is 18.7 Å². The molecular formula is C20H17F2N5O4S. The quantitative estimate of drug-likeness (QED) is 0.601. The van der Waals surface area contributed by atoms with Crippen LogP contribution in [0.4, 0.5) is 13.6 Å². The topological polar surface area (TPSA) is 100 Å². The molecule has 1 fully saturated rings. The first-order chi connectivity index (χ1) is 15.4. The van der Waals surface area contributed by atoms with E-state index < -0.39 is 23.6 Å². The SMILES string of the molecule is COC(=O)c1cc2sc(OC3CN(C(=O)N4N=CCC4c4cc(F)cc(F)c4)C3)nc2[nH]1. The molecule has 2 aromatic heterocycles. The van der Waals surface area contributed by atoms with E-state index in [4.69, 9.17) is 4.74 Å². The van der Waals surface area contributed by atoms with Gasteiger partial charge in [-0.15, -0.1) is 0 Å². The van der Waals surface area contributed by atoms with Crippen molar-refractivity contribution < 1.29 is 27.8 Å². The number of aromatic amines is 1. The van der Waals surface area contributed by atoms with Gasteiger partial charge in [0.15, 0.2) is 5.65 Å². The molecule has 4 heterocycles. The molecule has 9 nitrogen and oxygen atoms in total. The van der Waals surface area contributed by atoms with E-state index in [1.807, 2.05) is 0 Å². The minimum absolute atomic E-state index is 0.245. The Balaban J connectivity index is 1.20. The smallest absolute Gasteiger partial charge is 0.354 e. The second kappa shape index (κ2) is 7.86. The average molecular weight is 461 g/mol. The summed E-state index contributed by atoms with van der Waals surface area (Å²) in [6.45, 7) is 0.659. The highest BCUT2D eigenvalue weighted by molar-refractivity contribution is 7.20. The van der Waals surface area contributed by atoms with E-state index in [1.54, 1.807) is 17.2 Å². The zero-order valence-corrected chi connectivity index (χ0v) is 17.6. The van der Waals surface area contributed by atoms with Crippen molar-refractivity contribution in [2.24, 2.45) is 5.10 Å². The maximum Gasteiger partial charge on any atom is 0.354 e. The number of fused-ring (bicyclic) bond motifs is 1. The van der Waals surface area contributed by atoms with E-state index in [1.165, 1.54) is 35.6 Å². The number of ether oxygens (including phenoxy) is 2. The summed E-state index contributed by atoms with van der Waals surface area (Å²) in [6, 6.07) is 3.93. The third-order valence-corrected chi connectivity index (χ3v) is 6.14. The van der Waals surface area contributed by atoms with Crippen molar-refractivity contribution in [2.45, 2.75) is 18.6 Å². The maximum atomic E-state index is 13.6. The van der Waals surface area contributed by atoms with E-state index in [0.717, 1.165) is 10.8 Å². The summed E-state index contributed by atoms with van der Waals surface area (Å²) < 4.78 is 38.4. The number of thiazole rings is 1. The molecular weight excluding hydrogens is 444 g/mol. The van der Waals surface area contributed by atoms with Crippen molar-refractivity contribution in [3.8, 4) is 5.19 Å². The zero-order valence-electron chi connectivity index (χ0n) is 16.7. The molecule has 5 rings (SSSR count). The number of H-pyrrole nitrogens is 1. The summed E-state index contributed by atoms with van der Waals surface area (Å²) in [5.41, 5.74) is 1.19. The van der Waals surface area contributed by atoms with Gasteiger partial charge >= 0.3 is 12.0 Å². The van der Waals surface area contributed by atoms with Gasteiger partial charge in [-0.05, 0) is 23.8 Å². The van der Waals surface area contributed by atoms with Crippen LogP contribution in [0.15, 0.2) is 29.4 Å². The number of halogens is 2. The molecule has 1 N–H and O–H groups in total. The summed E-state index contributed by atoms with van der Waals surface area (Å²) in [7, 11) is 1.30. The van der Waals surface area contributed by atoms with Crippen LogP contribution in [0.5, 0.6) is 5.19 Å². The molecule has 2 aliphatic heterocycles. The predicted octanol–water partition coefficient (Wildman–Crippen LogP) is 3.31. The standard InChI is InChI=1S/C20H17F2N5O4S/c1-30-18(28)14-7-16-17(24-14)25-19(32-16)31-13-8-26(9-13)20(29)27-15(2-3-23-27)10-4-11(21)6-12(22)5-10/h3-7,13,15,24H,2,8-9H2,1H3. The van der Waals surface area contributed by atoms with Gasteiger partial charge in [0.25, 0.3) is 5.19 Å². The van der Waals surface area contributed by atoms with E-state index in [9.17, 15) is 18.4 Å². The lowest BCUT2D eigenvalue weighted by Gasteiger charge is -2.40. The van der Waals surface area contributed by atoms with Gasteiger partial charge in [0.1, 0.15) is 23.4 Å². The van der Waals surface area contributed by atoms with Crippen LogP contribution in [0.1, 0.15) is 28.5 Å². The monoisotopic (exact) mass is 461 g/mol. The Kier molecular flexibility index (Phi) is 5.00. The fourth-order valence-corrected chi connectivity index (χ4v) is 4.54. The number of nitrogens with one attached hydrogen (secondary N) is 1. The molecule has 1 saturated heterocycles. The van der Waals surface area contributed by atoms with Crippen LogP contribution in [-0.2, 0) is 4.74 Å². The number of hydrogen-bond donors (Lipinski definition) is 1. The second-order valence-corrected chi connectivity index (χ2v) is 8.38. The molecule has 3 aromatic rings. The first-order valence-corrected chi connectivity index (χ1v) is 10.5. The van der Waals surface area contributed by atoms with Crippen molar-refractivity contribution in [1.82, 2.24) is 19.9 Å². The Morgan fingerprint density at radius 1 is 1.19 bits per heavy atom. The fraction of sp³-hybridized carbons (Fsp3) is 0.300. The van der Waals surface area contributed by atoms with Crippen molar-refractivity contribution in [3.05, 3.63) is 47.2 Å². The van der Waals surface area contributed by atoms with Gasteiger partial charge in [-0.3, -0.25) is 0 Å². The molecule has 32 heavy (non-hydrogen) atoms. The van der Waals surface area contributed by atoms with Crippen LogP contribution < -0.4 is 4.74 Å². The third-order valence-electron chi connectivity index (χ3n) is 5.25. The zero-order chi connectivity index (χ0) is 22.4. The number of hydrogen-bond acceptors (Lipinski definition) is 7. The normalized spacial score (nSPS) is 18.3. The largest absolute Gasteiger partial charge is 0.464 e. The van der Waals surface area contributed by atoms with E-state index in [-0.39, 0.29) is 12.1 Å². The molecule has 1 unspecified atom stereocenters. The Morgan fingerprint density at radius 3 is 2.62 bits per heavy atom. The number of rotatable bonds is 4. The first kappa shape index (κ1) is 20.4. The van der Waals surface area contributed by atoms with Crippen LogP contribution in [-0.4, -0.2) is 64.4 Å². The summed E-state index contributed by atoms with van der Waals surface area (Å²) in [4.78, 5) is 33.1. The lowest BCUT2D eigenvalue weighted by molar-refractivity contribution is 0.0277.